The van der Waals surface area contributed by atoms with Gasteiger partial charge in [-0.1, -0.05) is 20.8 Å². The molecule has 6 nitrogen and oxygen atoms in total. The molecule has 0 aliphatic carbocycles. The molecule has 116 valence electrons. The number of hydrogen-bond donors (Lipinski definition) is 1. The highest BCUT2D eigenvalue weighted by atomic mass is 32.2. The normalized spacial score (nSPS) is 13.2. The topological polar surface area (TPSA) is 81.2 Å². The molecule has 0 aliphatic heterocycles. The van der Waals surface area contributed by atoms with Crippen molar-refractivity contribution in [2.24, 2.45) is 18.2 Å². The molecule has 0 unspecified atom stereocenters. The lowest BCUT2D eigenvalue weighted by Crippen LogP contribution is -2.42. The van der Waals surface area contributed by atoms with Crippen LogP contribution < -0.4 is 5.73 Å². The predicted molar refractivity (Wildman–Crippen MR) is 79.8 cm³/mol. The number of aromatic nitrogens is 2. The van der Waals surface area contributed by atoms with Crippen LogP contribution in [0.3, 0.4) is 0 Å². The van der Waals surface area contributed by atoms with E-state index in [9.17, 15) is 8.42 Å². The summed E-state index contributed by atoms with van der Waals surface area (Å²) in [5, 5.41) is 0.110. The Kier molecular flexibility index (Phi) is 5.34. The van der Waals surface area contributed by atoms with E-state index in [0.717, 1.165) is 6.42 Å². The first kappa shape index (κ1) is 17.1. The number of sulfonamides is 1. The summed E-state index contributed by atoms with van der Waals surface area (Å²) in [7, 11) is -1.78. The van der Waals surface area contributed by atoms with Crippen LogP contribution in [0.5, 0.6) is 0 Å². The fraction of sp³-hybridized carbons (Fsp3) is 0.769. The molecule has 2 N–H and O–H groups in total. The van der Waals surface area contributed by atoms with Crippen LogP contribution in [0.1, 0.15) is 33.0 Å². The zero-order chi connectivity index (χ0) is 15.6. The van der Waals surface area contributed by atoms with Crippen molar-refractivity contribution in [1.29, 1.82) is 0 Å². The number of hydrogen-bond acceptors (Lipinski definition) is 4. The van der Waals surface area contributed by atoms with Crippen LogP contribution in [0, 0.1) is 12.3 Å². The summed E-state index contributed by atoms with van der Waals surface area (Å²) in [5.74, 6) is 0.679. The van der Waals surface area contributed by atoms with E-state index in [1.165, 1.54) is 4.31 Å². The van der Waals surface area contributed by atoms with Crippen molar-refractivity contribution < 1.29 is 8.42 Å². The maximum absolute atomic E-state index is 12.7. The minimum atomic E-state index is -3.56. The highest BCUT2D eigenvalue weighted by Gasteiger charge is 2.31. The van der Waals surface area contributed by atoms with E-state index in [4.69, 9.17) is 5.73 Å². The summed E-state index contributed by atoms with van der Waals surface area (Å²) < 4.78 is 28.6. The van der Waals surface area contributed by atoms with Crippen molar-refractivity contribution in [3.05, 3.63) is 12.0 Å². The average molecular weight is 302 g/mol. The van der Waals surface area contributed by atoms with E-state index in [2.05, 4.69) is 4.98 Å². The first-order valence-corrected chi connectivity index (χ1v) is 8.28. The Morgan fingerprint density at radius 1 is 1.45 bits per heavy atom. The molecule has 1 aromatic rings. The minimum absolute atomic E-state index is 0.110. The Morgan fingerprint density at radius 3 is 2.45 bits per heavy atom. The van der Waals surface area contributed by atoms with Gasteiger partial charge in [-0.3, -0.25) is 0 Å². The molecule has 1 rings (SSSR count). The molecule has 20 heavy (non-hydrogen) atoms. The maximum atomic E-state index is 12.7. The minimum Gasteiger partial charge on any atom is -0.337 e. The Bertz CT molecular complexity index is 529. The lowest BCUT2D eigenvalue weighted by Gasteiger charge is -2.30. The van der Waals surface area contributed by atoms with Gasteiger partial charge in [0.2, 0.25) is 0 Å². The third kappa shape index (κ3) is 3.80. The van der Waals surface area contributed by atoms with Crippen LogP contribution in [0.2, 0.25) is 0 Å². The summed E-state index contributed by atoms with van der Waals surface area (Å²) in [5.41, 5.74) is 5.46. The molecule has 1 heterocycles. The van der Waals surface area contributed by atoms with Crippen LogP contribution in [-0.2, 0) is 17.1 Å². The fourth-order valence-corrected chi connectivity index (χ4v) is 3.60. The third-order valence-corrected chi connectivity index (χ3v) is 5.04. The van der Waals surface area contributed by atoms with Crippen molar-refractivity contribution in [3.63, 3.8) is 0 Å². The quantitative estimate of drug-likeness (QED) is 0.818. The molecule has 0 fully saturated rings. The first-order chi connectivity index (χ1) is 9.14. The van der Waals surface area contributed by atoms with Gasteiger partial charge in [0.1, 0.15) is 5.82 Å². The Labute approximate surface area is 122 Å². The van der Waals surface area contributed by atoms with Gasteiger partial charge in [0, 0.05) is 26.3 Å². The molecule has 0 saturated carbocycles. The predicted octanol–water partition coefficient (Wildman–Crippen LogP) is 1.11. The van der Waals surface area contributed by atoms with E-state index < -0.39 is 10.0 Å². The van der Waals surface area contributed by atoms with Gasteiger partial charge in [0.05, 0.1) is 0 Å². The monoisotopic (exact) mass is 302 g/mol. The Morgan fingerprint density at radius 2 is 2.05 bits per heavy atom. The van der Waals surface area contributed by atoms with E-state index in [0.29, 0.717) is 25.5 Å². The van der Waals surface area contributed by atoms with Crippen molar-refractivity contribution in [1.82, 2.24) is 13.9 Å². The van der Waals surface area contributed by atoms with Gasteiger partial charge in [0.15, 0.2) is 5.03 Å². The van der Waals surface area contributed by atoms with Gasteiger partial charge in [0.25, 0.3) is 10.0 Å². The molecule has 1 aromatic heterocycles. The van der Waals surface area contributed by atoms with Crippen LogP contribution >= 0.6 is 0 Å². The smallest absolute Gasteiger partial charge is 0.262 e. The summed E-state index contributed by atoms with van der Waals surface area (Å²) in [6.07, 6.45) is 2.31. The van der Waals surface area contributed by atoms with E-state index in [1.54, 1.807) is 24.7 Å². The Balaban J connectivity index is 3.12. The summed E-state index contributed by atoms with van der Waals surface area (Å²) in [4.78, 5) is 4.14. The lowest BCUT2D eigenvalue weighted by molar-refractivity contribution is 0.266. The molecule has 0 radical (unpaired) electrons. The van der Waals surface area contributed by atoms with E-state index >= 15 is 0 Å². The molecule has 7 heteroatoms. The van der Waals surface area contributed by atoms with Gasteiger partial charge < -0.3 is 10.3 Å². The molecule has 0 atom stereocenters. The second-order valence-electron chi connectivity index (χ2n) is 5.94. The highest BCUT2D eigenvalue weighted by molar-refractivity contribution is 7.89. The second kappa shape index (κ2) is 6.24. The number of nitrogens with two attached hydrogens (primary N) is 1. The zero-order valence-electron chi connectivity index (χ0n) is 13.0. The van der Waals surface area contributed by atoms with Gasteiger partial charge in [-0.25, -0.2) is 13.4 Å². The van der Waals surface area contributed by atoms with Crippen LogP contribution in [0.25, 0.3) is 0 Å². The molecular weight excluding hydrogens is 276 g/mol. The average Bonchev–Trinajstić information content (AvgIpc) is 2.69. The lowest BCUT2D eigenvalue weighted by atomic mass is 9.94. The largest absolute Gasteiger partial charge is 0.337 e. The fourth-order valence-electron chi connectivity index (χ4n) is 1.86. The molecule has 0 spiro atoms. The van der Waals surface area contributed by atoms with Crippen LogP contribution in [-0.4, -0.2) is 41.9 Å². The van der Waals surface area contributed by atoms with Gasteiger partial charge in [-0.05, 0) is 25.3 Å². The number of imidazole rings is 1. The van der Waals surface area contributed by atoms with Crippen molar-refractivity contribution >= 4 is 10.0 Å². The number of rotatable bonds is 7. The standard InChI is InChI=1S/C13H26N4O2S/c1-6-7-17(10-13(3,4)9-14)20(18,19)12-8-16(5)11(2)15-12/h8H,6-7,9-10,14H2,1-5H3. The molecule has 0 saturated heterocycles. The summed E-state index contributed by atoms with van der Waals surface area (Å²) in [6.45, 7) is 8.99. The second-order valence-corrected chi connectivity index (χ2v) is 7.83. The van der Waals surface area contributed by atoms with Crippen LogP contribution in [0.4, 0.5) is 0 Å². The van der Waals surface area contributed by atoms with Crippen molar-refractivity contribution in [3.8, 4) is 0 Å². The number of aryl methyl sites for hydroxylation is 2. The van der Waals surface area contributed by atoms with Gasteiger partial charge in [-0.15, -0.1) is 0 Å². The third-order valence-electron chi connectivity index (χ3n) is 3.32. The zero-order valence-corrected chi connectivity index (χ0v) is 13.9. The highest BCUT2D eigenvalue weighted by Crippen LogP contribution is 2.21. The SMILES string of the molecule is CCCN(CC(C)(C)CN)S(=O)(=O)c1cn(C)c(C)n1. The van der Waals surface area contributed by atoms with Gasteiger partial charge in [-0.2, -0.15) is 4.31 Å². The number of nitrogens with zero attached hydrogens (tertiary/aromatic N) is 3. The van der Waals surface area contributed by atoms with Crippen molar-refractivity contribution in [2.75, 3.05) is 19.6 Å². The summed E-state index contributed by atoms with van der Waals surface area (Å²) in [6, 6.07) is 0. The Hall–Kier alpha value is -0.920. The van der Waals surface area contributed by atoms with Gasteiger partial charge >= 0.3 is 0 Å². The molecular formula is C13H26N4O2S. The van der Waals surface area contributed by atoms with E-state index in [1.807, 2.05) is 20.8 Å². The first-order valence-electron chi connectivity index (χ1n) is 6.84. The maximum Gasteiger partial charge on any atom is 0.262 e. The molecule has 0 bridgehead atoms. The molecule has 0 aliphatic rings. The molecule has 0 aromatic carbocycles. The van der Waals surface area contributed by atoms with Crippen molar-refractivity contribution in [2.45, 2.75) is 39.1 Å². The summed E-state index contributed by atoms with van der Waals surface area (Å²) >= 11 is 0. The van der Waals surface area contributed by atoms with Crippen LogP contribution in [0.15, 0.2) is 11.2 Å². The van der Waals surface area contributed by atoms with E-state index in [-0.39, 0.29) is 10.4 Å². The molecule has 0 amide bonds.